The van der Waals surface area contributed by atoms with Crippen LogP contribution in [0.3, 0.4) is 0 Å². The third-order valence-corrected chi connectivity index (χ3v) is 2.23. The summed E-state index contributed by atoms with van der Waals surface area (Å²) in [5.41, 5.74) is 5.35. The lowest BCUT2D eigenvalue weighted by Gasteiger charge is -2.06. The fourth-order valence-electron chi connectivity index (χ4n) is 1.31. The second-order valence-electron chi connectivity index (χ2n) is 3.36. The highest BCUT2D eigenvalue weighted by atomic mass is 19.1. The number of carbonyl (C=O) groups is 1. The zero-order valence-electron chi connectivity index (χ0n) is 9.01. The number of hydrogen-bond donors (Lipinski definition) is 2. The van der Waals surface area contributed by atoms with Crippen LogP contribution >= 0.6 is 0 Å². The molecule has 6 nitrogen and oxygen atoms in total. The maximum absolute atomic E-state index is 13.2. The summed E-state index contributed by atoms with van der Waals surface area (Å²) >= 11 is 0. The lowest BCUT2D eigenvalue weighted by Crippen LogP contribution is -2.17. The van der Waals surface area contributed by atoms with Crippen LogP contribution in [-0.2, 0) is 7.05 Å². The van der Waals surface area contributed by atoms with E-state index in [-0.39, 0.29) is 17.2 Å². The van der Waals surface area contributed by atoms with Crippen LogP contribution < -0.4 is 11.1 Å². The second-order valence-corrected chi connectivity index (χ2v) is 3.36. The van der Waals surface area contributed by atoms with E-state index in [9.17, 15) is 9.18 Å². The number of rotatable bonds is 2. The molecule has 1 aromatic carbocycles. The number of nitrogens with one attached hydrogen (secondary N) is 1. The van der Waals surface area contributed by atoms with Gasteiger partial charge in [0, 0.05) is 7.05 Å². The number of aryl methyl sites for hydroxylation is 1. The lowest BCUT2D eigenvalue weighted by atomic mass is 10.1. The van der Waals surface area contributed by atoms with Gasteiger partial charge in [0.05, 0.1) is 11.3 Å². The van der Waals surface area contributed by atoms with Crippen molar-refractivity contribution in [3.63, 3.8) is 0 Å². The van der Waals surface area contributed by atoms with Gasteiger partial charge in [0.2, 0.25) is 5.95 Å². The van der Waals surface area contributed by atoms with Crippen molar-refractivity contribution >= 4 is 17.5 Å². The predicted octanol–water partition coefficient (Wildman–Crippen LogP) is 0.789. The molecule has 0 aliphatic carbocycles. The first-order chi connectivity index (χ1) is 8.09. The number of nitrogen functional groups attached to an aromatic ring is 1. The fraction of sp³-hybridized carbons (Fsp3) is 0.100. The van der Waals surface area contributed by atoms with Crippen molar-refractivity contribution in [1.29, 1.82) is 0 Å². The summed E-state index contributed by atoms with van der Waals surface area (Å²) < 4.78 is 14.5. The summed E-state index contributed by atoms with van der Waals surface area (Å²) in [6, 6.07) is 4.04. The quantitative estimate of drug-likeness (QED) is 0.753. The number of hydrogen-bond acceptors (Lipinski definition) is 4. The molecule has 17 heavy (non-hydrogen) atoms. The molecule has 0 spiro atoms. The Morgan fingerprint density at radius 1 is 1.53 bits per heavy atom. The number of nitrogens with zero attached hydrogens (tertiary/aromatic N) is 3. The standard InChI is InChI=1S/C10H10FN5O/c1-16-10(13-5-14-16)15-9(17)6-3-2-4-7(11)8(6)12/h2-5H,12H2,1H3,(H,13,14,15,17). The van der Waals surface area contributed by atoms with Crippen molar-refractivity contribution in [2.75, 3.05) is 11.1 Å². The van der Waals surface area contributed by atoms with Crippen molar-refractivity contribution < 1.29 is 9.18 Å². The predicted molar refractivity (Wildman–Crippen MR) is 59.8 cm³/mol. The molecule has 2 aromatic rings. The minimum Gasteiger partial charge on any atom is -0.396 e. The van der Waals surface area contributed by atoms with Crippen LogP contribution in [0.15, 0.2) is 24.5 Å². The summed E-state index contributed by atoms with van der Waals surface area (Å²) in [6.07, 6.45) is 1.30. The highest BCUT2D eigenvalue weighted by Crippen LogP contribution is 2.16. The summed E-state index contributed by atoms with van der Waals surface area (Å²) in [7, 11) is 1.62. The lowest BCUT2D eigenvalue weighted by molar-refractivity contribution is 0.102. The molecule has 3 N–H and O–H groups in total. The zero-order chi connectivity index (χ0) is 12.4. The number of benzene rings is 1. The third-order valence-electron chi connectivity index (χ3n) is 2.23. The molecule has 1 heterocycles. The number of amides is 1. The molecular weight excluding hydrogens is 225 g/mol. The van der Waals surface area contributed by atoms with Crippen molar-refractivity contribution in [2.45, 2.75) is 0 Å². The topological polar surface area (TPSA) is 85.8 Å². The molecule has 0 radical (unpaired) electrons. The van der Waals surface area contributed by atoms with E-state index in [1.807, 2.05) is 0 Å². The van der Waals surface area contributed by atoms with Crippen molar-refractivity contribution in [1.82, 2.24) is 14.8 Å². The van der Waals surface area contributed by atoms with Crippen molar-refractivity contribution in [3.05, 3.63) is 35.9 Å². The second kappa shape index (κ2) is 4.20. The largest absolute Gasteiger partial charge is 0.396 e. The Labute approximate surface area is 96.3 Å². The van der Waals surface area contributed by atoms with Crippen LogP contribution in [0, 0.1) is 5.82 Å². The van der Waals surface area contributed by atoms with E-state index in [0.717, 1.165) is 0 Å². The Kier molecular flexibility index (Phi) is 2.73. The summed E-state index contributed by atoms with van der Waals surface area (Å²) in [5.74, 6) is -0.896. The van der Waals surface area contributed by atoms with Crippen LogP contribution in [0.5, 0.6) is 0 Å². The smallest absolute Gasteiger partial charge is 0.260 e. The molecule has 0 aliphatic heterocycles. The Hall–Kier alpha value is -2.44. The molecule has 1 amide bonds. The summed E-state index contributed by atoms with van der Waals surface area (Å²) in [5, 5.41) is 6.27. The third kappa shape index (κ3) is 2.07. The van der Waals surface area contributed by atoms with Gasteiger partial charge in [-0.3, -0.25) is 10.1 Å². The highest BCUT2D eigenvalue weighted by Gasteiger charge is 2.14. The fourth-order valence-corrected chi connectivity index (χ4v) is 1.31. The molecule has 1 aromatic heterocycles. The Morgan fingerprint density at radius 3 is 2.94 bits per heavy atom. The maximum Gasteiger partial charge on any atom is 0.260 e. The molecule has 0 saturated carbocycles. The van der Waals surface area contributed by atoms with Gasteiger partial charge in [-0.2, -0.15) is 10.1 Å². The summed E-state index contributed by atoms with van der Waals surface area (Å²) in [4.78, 5) is 15.6. The number of halogens is 1. The first-order valence-electron chi connectivity index (χ1n) is 4.79. The number of carbonyl (C=O) groups excluding carboxylic acids is 1. The van der Waals surface area contributed by atoms with Crippen LogP contribution in [0.4, 0.5) is 16.0 Å². The highest BCUT2D eigenvalue weighted by molar-refractivity contribution is 6.07. The Morgan fingerprint density at radius 2 is 2.29 bits per heavy atom. The number of para-hydroxylation sites is 1. The molecule has 0 bridgehead atoms. The van der Waals surface area contributed by atoms with Crippen LogP contribution in [0.2, 0.25) is 0 Å². The molecule has 0 saturated heterocycles. The Bertz CT molecular complexity index is 566. The van der Waals surface area contributed by atoms with Gasteiger partial charge < -0.3 is 5.73 Å². The van der Waals surface area contributed by atoms with Gasteiger partial charge >= 0.3 is 0 Å². The zero-order valence-corrected chi connectivity index (χ0v) is 9.01. The monoisotopic (exact) mass is 235 g/mol. The van der Waals surface area contributed by atoms with Crippen LogP contribution in [0.1, 0.15) is 10.4 Å². The summed E-state index contributed by atoms with van der Waals surface area (Å²) in [6.45, 7) is 0. The molecule has 7 heteroatoms. The molecule has 2 rings (SSSR count). The van der Waals surface area contributed by atoms with E-state index in [2.05, 4.69) is 15.4 Å². The molecule has 88 valence electrons. The Balaban J connectivity index is 2.27. The van der Waals surface area contributed by atoms with Gasteiger partial charge in [-0.05, 0) is 12.1 Å². The molecule has 0 aliphatic rings. The van der Waals surface area contributed by atoms with Gasteiger partial charge in [0.1, 0.15) is 12.1 Å². The molecule has 0 unspecified atom stereocenters. The number of aromatic nitrogens is 3. The van der Waals surface area contributed by atoms with Gasteiger partial charge in [0.25, 0.3) is 5.91 Å². The van der Waals surface area contributed by atoms with E-state index in [0.29, 0.717) is 0 Å². The normalized spacial score (nSPS) is 10.2. The van der Waals surface area contributed by atoms with E-state index < -0.39 is 11.7 Å². The van der Waals surface area contributed by atoms with Gasteiger partial charge in [-0.1, -0.05) is 6.07 Å². The van der Waals surface area contributed by atoms with Gasteiger partial charge in [0.15, 0.2) is 0 Å². The van der Waals surface area contributed by atoms with Gasteiger partial charge in [-0.15, -0.1) is 0 Å². The van der Waals surface area contributed by atoms with Crippen LogP contribution in [-0.4, -0.2) is 20.7 Å². The van der Waals surface area contributed by atoms with E-state index in [1.54, 1.807) is 7.05 Å². The molecule has 0 atom stereocenters. The van der Waals surface area contributed by atoms with Gasteiger partial charge in [-0.25, -0.2) is 9.07 Å². The van der Waals surface area contributed by atoms with E-state index in [4.69, 9.17) is 5.73 Å². The first-order valence-corrected chi connectivity index (χ1v) is 4.79. The minimum atomic E-state index is -0.629. The molecule has 0 fully saturated rings. The number of nitrogens with two attached hydrogens (primary N) is 1. The molecular formula is C10H10FN5O. The van der Waals surface area contributed by atoms with Crippen LogP contribution in [0.25, 0.3) is 0 Å². The van der Waals surface area contributed by atoms with E-state index >= 15 is 0 Å². The average Bonchev–Trinajstić information content (AvgIpc) is 2.68. The van der Waals surface area contributed by atoms with Crippen molar-refractivity contribution in [2.24, 2.45) is 7.05 Å². The average molecular weight is 235 g/mol. The minimum absolute atomic E-state index is 0.0630. The van der Waals surface area contributed by atoms with Crippen molar-refractivity contribution in [3.8, 4) is 0 Å². The first kappa shape index (κ1) is 11.1. The SMILES string of the molecule is Cn1ncnc1NC(=O)c1cccc(F)c1N. The van der Waals surface area contributed by atoms with E-state index in [1.165, 1.54) is 29.2 Å². The maximum atomic E-state index is 13.2. The number of anilines is 2.